The van der Waals surface area contributed by atoms with Crippen molar-refractivity contribution in [3.05, 3.63) is 75.6 Å². The number of rotatable bonds is 11. The van der Waals surface area contributed by atoms with Crippen molar-refractivity contribution in [2.24, 2.45) is 5.92 Å². The number of methoxy groups -OCH3 is 1. The monoisotopic (exact) mass is 554 g/mol. The molecular weight excluding hydrogens is 523 g/mol. The maximum atomic E-state index is 13.1. The van der Waals surface area contributed by atoms with E-state index in [0.29, 0.717) is 23.3 Å². The van der Waals surface area contributed by atoms with Gasteiger partial charge in [0.15, 0.2) is 0 Å². The van der Waals surface area contributed by atoms with Gasteiger partial charge in [-0.2, -0.15) is 0 Å². The summed E-state index contributed by atoms with van der Waals surface area (Å²) in [6.07, 6.45) is 6.13. The molecule has 0 amide bonds. The van der Waals surface area contributed by atoms with Crippen molar-refractivity contribution in [1.82, 2.24) is 14.9 Å². The molecule has 2 heterocycles. The average Bonchev–Trinajstić information content (AvgIpc) is 3.30. The molecule has 5 rings (SSSR count). The van der Waals surface area contributed by atoms with Crippen LogP contribution in [-0.4, -0.2) is 48.7 Å². The Hall–Kier alpha value is -2.78. The number of aryl methyl sites for hydroxylation is 1. The minimum Gasteiger partial charge on any atom is -0.487 e. The van der Waals surface area contributed by atoms with Crippen LogP contribution in [0.25, 0.3) is 10.2 Å². The minimum absolute atomic E-state index is 0.269. The number of thiophene rings is 1. The van der Waals surface area contributed by atoms with Gasteiger partial charge in [0, 0.05) is 24.2 Å². The normalized spacial score (nSPS) is 15.1. The summed E-state index contributed by atoms with van der Waals surface area (Å²) in [5.41, 5.74) is 3.08. The molecule has 0 aliphatic heterocycles. The van der Waals surface area contributed by atoms with Crippen LogP contribution < -0.4 is 10.1 Å². The lowest BCUT2D eigenvalue weighted by Crippen LogP contribution is -2.26. The second-order valence-electron chi connectivity index (χ2n) is 9.79. The first-order valence-electron chi connectivity index (χ1n) is 12.9. The van der Waals surface area contributed by atoms with Gasteiger partial charge in [-0.3, -0.25) is 0 Å². The van der Waals surface area contributed by atoms with Crippen LogP contribution in [0.2, 0.25) is 5.02 Å². The predicted octanol–water partition coefficient (Wildman–Crippen LogP) is 6.88. The molecule has 0 fully saturated rings. The van der Waals surface area contributed by atoms with Gasteiger partial charge in [-0.15, -0.1) is 11.3 Å². The number of nitrogens with zero attached hydrogens (tertiary/aromatic N) is 3. The van der Waals surface area contributed by atoms with Crippen LogP contribution in [0.4, 0.5) is 15.9 Å². The number of fused-ring (bicyclic) bond motifs is 3. The summed E-state index contributed by atoms with van der Waals surface area (Å²) >= 11 is 8.32. The van der Waals surface area contributed by atoms with E-state index in [1.54, 1.807) is 36.9 Å². The third-order valence-corrected chi connectivity index (χ3v) is 8.50. The fourth-order valence-electron chi connectivity index (χ4n) is 4.86. The summed E-state index contributed by atoms with van der Waals surface area (Å²) < 4.78 is 24.2. The van der Waals surface area contributed by atoms with E-state index >= 15 is 0 Å². The highest BCUT2D eigenvalue weighted by molar-refractivity contribution is 7.19. The first-order chi connectivity index (χ1) is 18.5. The van der Waals surface area contributed by atoms with Gasteiger partial charge in [0.05, 0.1) is 17.0 Å². The Bertz CT molecular complexity index is 1380. The van der Waals surface area contributed by atoms with E-state index < -0.39 is 0 Å². The predicted molar refractivity (Wildman–Crippen MR) is 152 cm³/mol. The third-order valence-electron chi connectivity index (χ3n) is 7.05. The molecule has 0 radical (unpaired) electrons. The molecule has 1 aliphatic rings. The quantitative estimate of drug-likeness (QED) is 0.218. The summed E-state index contributed by atoms with van der Waals surface area (Å²) in [6.45, 7) is 3.14. The number of anilines is 2. The van der Waals surface area contributed by atoms with Crippen LogP contribution in [0.15, 0.2) is 48.8 Å². The van der Waals surface area contributed by atoms with Crippen LogP contribution in [0.1, 0.15) is 28.8 Å². The highest BCUT2D eigenvalue weighted by atomic mass is 35.5. The van der Waals surface area contributed by atoms with Gasteiger partial charge >= 0.3 is 0 Å². The number of aromatic nitrogens is 2. The maximum Gasteiger partial charge on any atom is 0.142 e. The fraction of sp³-hybridized carbons (Fsp3) is 0.379. The zero-order chi connectivity index (χ0) is 26.5. The molecule has 0 saturated heterocycles. The van der Waals surface area contributed by atoms with Gasteiger partial charge in [-0.25, -0.2) is 14.4 Å². The van der Waals surface area contributed by atoms with Crippen molar-refractivity contribution in [2.75, 3.05) is 39.2 Å². The van der Waals surface area contributed by atoms with Crippen molar-refractivity contribution in [3.8, 4) is 5.75 Å². The largest absolute Gasteiger partial charge is 0.487 e. The lowest BCUT2D eigenvalue weighted by atomic mass is 9.85. The lowest BCUT2D eigenvalue weighted by molar-refractivity contribution is 0.157. The van der Waals surface area contributed by atoms with Crippen molar-refractivity contribution in [1.29, 1.82) is 0 Å². The molecule has 2 aromatic carbocycles. The zero-order valence-corrected chi connectivity index (χ0v) is 23.2. The molecule has 38 heavy (non-hydrogen) atoms. The number of halogens is 2. The summed E-state index contributed by atoms with van der Waals surface area (Å²) in [4.78, 5) is 14.0. The van der Waals surface area contributed by atoms with Gasteiger partial charge in [-0.05, 0) is 86.7 Å². The van der Waals surface area contributed by atoms with Crippen LogP contribution in [0.3, 0.4) is 0 Å². The van der Waals surface area contributed by atoms with E-state index in [2.05, 4.69) is 27.2 Å². The first-order valence-corrected chi connectivity index (χ1v) is 14.1. The second kappa shape index (κ2) is 12.4. The third kappa shape index (κ3) is 6.43. The molecule has 9 heteroatoms. The Morgan fingerprint density at radius 2 is 2.00 bits per heavy atom. The number of benzene rings is 2. The Morgan fingerprint density at radius 3 is 2.79 bits per heavy atom. The van der Waals surface area contributed by atoms with E-state index in [9.17, 15) is 4.39 Å². The Balaban J connectivity index is 1.26. The van der Waals surface area contributed by atoms with Crippen molar-refractivity contribution in [3.63, 3.8) is 0 Å². The topological polar surface area (TPSA) is 59.5 Å². The lowest BCUT2D eigenvalue weighted by Gasteiger charge is -2.25. The van der Waals surface area contributed by atoms with Gasteiger partial charge in [-0.1, -0.05) is 23.7 Å². The molecule has 200 valence electrons. The van der Waals surface area contributed by atoms with E-state index in [4.69, 9.17) is 21.1 Å². The Morgan fingerprint density at radius 1 is 1.16 bits per heavy atom. The molecular formula is C29H32ClFN4O2S. The molecule has 2 aromatic heterocycles. The van der Waals surface area contributed by atoms with Crippen molar-refractivity contribution >= 4 is 44.7 Å². The summed E-state index contributed by atoms with van der Waals surface area (Å²) in [5, 5.41) is 5.07. The van der Waals surface area contributed by atoms with E-state index in [1.165, 1.54) is 35.4 Å². The molecule has 0 bridgehead atoms. The molecule has 4 aromatic rings. The van der Waals surface area contributed by atoms with E-state index in [0.717, 1.165) is 59.8 Å². The summed E-state index contributed by atoms with van der Waals surface area (Å²) in [7, 11) is 3.91. The number of hydrogen-bond acceptors (Lipinski definition) is 7. The molecule has 1 atom stereocenters. The van der Waals surface area contributed by atoms with E-state index in [1.807, 2.05) is 18.2 Å². The molecule has 0 saturated carbocycles. The number of nitrogens with one attached hydrogen (secondary N) is 1. The standard InChI is InChI=1S/C29H32ClFN4O2S/c1-35(13-14-36-2)12-11-19-5-9-23-26(15-19)38-29-27(23)28(32-18-33-29)34-22-8-10-25(24(30)16-22)37-17-20-3-6-21(31)7-4-20/h3-4,6-8,10,16,18-19H,5,9,11-15,17H2,1-2H3,(H,32,33,34). The number of likely N-dealkylation sites (N-methyl/N-ethyl adjacent to an activating group) is 1. The maximum absolute atomic E-state index is 13.1. The average molecular weight is 555 g/mol. The van der Waals surface area contributed by atoms with Gasteiger partial charge in [0.1, 0.15) is 35.1 Å². The summed E-state index contributed by atoms with van der Waals surface area (Å²) in [5.74, 6) is 1.79. The fourth-order valence-corrected chi connectivity index (χ4v) is 6.39. The van der Waals surface area contributed by atoms with Crippen LogP contribution in [0, 0.1) is 11.7 Å². The molecule has 1 unspecified atom stereocenters. The van der Waals surface area contributed by atoms with Crippen molar-refractivity contribution in [2.45, 2.75) is 32.3 Å². The van der Waals surface area contributed by atoms with Gasteiger partial charge in [0.2, 0.25) is 0 Å². The van der Waals surface area contributed by atoms with Gasteiger partial charge < -0.3 is 19.7 Å². The highest BCUT2D eigenvalue weighted by Gasteiger charge is 2.25. The number of ether oxygens (including phenoxy) is 2. The Kier molecular flexibility index (Phi) is 8.74. The first kappa shape index (κ1) is 26.8. The number of hydrogen-bond donors (Lipinski definition) is 1. The van der Waals surface area contributed by atoms with Crippen LogP contribution in [0.5, 0.6) is 5.75 Å². The highest BCUT2D eigenvalue weighted by Crippen LogP contribution is 2.41. The van der Waals surface area contributed by atoms with Gasteiger partial charge in [0.25, 0.3) is 0 Å². The van der Waals surface area contributed by atoms with Crippen molar-refractivity contribution < 1.29 is 13.9 Å². The second-order valence-corrected chi connectivity index (χ2v) is 11.3. The molecule has 1 aliphatic carbocycles. The summed E-state index contributed by atoms with van der Waals surface area (Å²) in [6, 6.07) is 11.8. The zero-order valence-electron chi connectivity index (χ0n) is 21.7. The molecule has 6 nitrogen and oxygen atoms in total. The molecule has 0 spiro atoms. The van der Waals surface area contributed by atoms with Crippen LogP contribution in [-0.2, 0) is 24.2 Å². The van der Waals surface area contributed by atoms with E-state index in [-0.39, 0.29) is 5.82 Å². The smallest absolute Gasteiger partial charge is 0.142 e. The molecule has 1 N–H and O–H groups in total. The SMILES string of the molecule is COCCN(C)CCC1CCc2c(sc3ncnc(Nc4ccc(OCc5ccc(F)cc5)c(Cl)c4)c23)C1. The van der Waals surface area contributed by atoms with Crippen LogP contribution >= 0.6 is 22.9 Å². The Labute approximate surface area is 231 Å². The minimum atomic E-state index is -0.269.